The summed E-state index contributed by atoms with van der Waals surface area (Å²) >= 11 is 0. The van der Waals surface area contributed by atoms with Crippen molar-refractivity contribution in [1.82, 2.24) is 0 Å². The van der Waals surface area contributed by atoms with E-state index in [9.17, 15) is 4.79 Å². The van der Waals surface area contributed by atoms with Gasteiger partial charge in [-0.15, -0.1) is 0 Å². The smallest absolute Gasteiger partial charge is 0.137 e. The molecule has 58 valence electrons. The van der Waals surface area contributed by atoms with Crippen LogP contribution in [0.25, 0.3) is 0 Å². The highest BCUT2D eigenvalue weighted by molar-refractivity contribution is 5.80. The van der Waals surface area contributed by atoms with Crippen molar-refractivity contribution in [2.24, 2.45) is 5.92 Å². The van der Waals surface area contributed by atoms with Crippen LogP contribution in [0.3, 0.4) is 0 Å². The molecule has 0 amide bonds. The highest BCUT2D eigenvalue weighted by Crippen LogP contribution is 2.09. The number of hydrogen-bond donors (Lipinski definition) is 0. The van der Waals surface area contributed by atoms with E-state index in [-0.39, 0.29) is 5.92 Å². The lowest BCUT2D eigenvalue weighted by molar-refractivity contribution is -0.125. The minimum absolute atomic E-state index is 0.125. The van der Waals surface area contributed by atoms with Crippen LogP contribution >= 0.6 is 0 Å². The Morgan fingerprint density at radius 3 is 3.10 bits per heavy atom. The van der Waals surface area contributed by atoms with Gasteiger partial charge in [-0.2, -0.15) is 0 Å². The molecule has 1 unspecified atom stereocenters. The van der Waals surface area contributed by atoms with Crippen molar-refractivity contribution in [3.63, 3.8) is 0 Å². The fourth-order valence-electron chi connectivity index (χ4n) is 1.10. The molecule has 1 heterocycles. The van der Waals surface area contributed by atoms with Gasteiger partial charge in [0.2, 0.25) is 0 Å². The van der Waals surface area contributed by atoms with E-state index in [1.807, 2.05) is 6.92 Å². The standard InChI is InChI=1S/C8H14O2/c1-7-6-10-5-3-2-4-8(7)9/h7H,2-6H2,1H3. The Morgan fingerprint density at radius 1 is 1.50 bits per heavy atom. The van der Waals surface area contributed by atoms with E-state index in [4.69, 9.17) is 4.74 Å². The molecule has 1 fully saturated rings. The van der Waals surface area contributed by atoms with Gasteiger partial charge >= 0.3 is 0 Å². The lowest BCUT2D eigenvalue weighted by Gasteiger charge is -2.14. The molecule has 0 spiro atoms. The zero-order valence-corrected chi connectivity index (χ0v) is 6.43. The molecule has 2 heteroatoms. The van der Waals surface area contributed by atoms with E-state index in [0.29, 0.717) is 12.4 Å². The molecule has 0 aromatic heterocycles. The number of carbonyl (C=O) groups excluding carboxylic acids is 1. The minimum atomic E-state index is 0.125. The number of Topliss-reactive ketones (excluding diaryl/α,β-unsaturated/α-hetero) is 1. The number of carbonyl (C=O) groups is 1. The molecule has 0 aliphatic carbocycles. The van der Waals surface area contributed by atoms with Crippen molar-refractivity contribution in [2.75, 3.05) is 13.2 Å². The van der Waals surface area contributed by atoms with Gasteiger partial charge in [0.1, 0.15) is 5.78 Å². The van der Waals surface area contributed by atoms with Gasteiger partial charge in [0.15, 0.2) is 0 Å². The summed E-state index contributed by atoms with van der Waals surface area (Å²) < 4.78 is 5.24. The molecule has 0 aromatic carbocycles. The van der Waals surface area contributed by atoms with Crippen molar-refractivity contribution < 1.29 is 9.53 Å². The summed E-state index contributed by atoms with van der Waals surface area (Å²) in [6.07, 6.45) is 2.80. The molecule has 0 bridgehead atoms. The summed E-state index contributed by atoms with van der Waals surface area (Å²) in [6.45, 7) is 3.39. The zero-order chi connectivity index (χ0) is 7.40. The molecule has 0 N–H and O–H groups in total. The average Bonchev–Trinajstić information content (AvgIpc) is 1.92. The third kappa shape index (κ3) is 2.10. The number of hydrogen-bond acceptors (Lipinski definition) is 2. The highest BCUT2D eigenvalue weighted by atomic mass is 16.5. The van der Waals surface area contributed by atoms with Crippen molar-refractivity contribution in [1.29, 1.82) is 0 Å². The summed E-state index contributed by atoms with van der Waals surface area (Å²) in [5.41, 5.74) is 0. The van der Waals surface area contributed by atoms with Gasteiger partial charge in [-0.3, -0.25) is 4.79 Å². The maximum absolute atomic E-state index is 11.1. The van der Waals surface area contributed by atoms with E-state index >= 15 is 0 Å². The van der Waals surface area contributed by atoms with Gasteiger partial charge in [0, 0.05) is 18.9 Å². The third-order valence-electron chi connectivity index (χ3n) is 1.88. The molecule has 0 radical (unpaired) electrons. The monoisotopic (exact) mass is 142 g/mol. The molecule has 10 heavy (non-hydrogen) atoms. The van der Waals surface area contributed by atoms with E-state index < -0.39 is 0 Å². The summed E-state index contributed by atoms with van der Waals surface area (Å²) in [5.74, 6) is 0.486. The predicted molar refractivity (Wildman–Crippen MR) is 38.8 cm³/mol. The molecular formula is C8H14O2. The first-order valence-corrected chi connectivity index (χ1v) is 3.91. The lowest BCUT2D eigenvalue weighted by Crippen LogP contribution is -2.19. The van der Waals surface area contributed by atoms with Gasteiger partial charge in [0.05, 0.1) is 6.61 Å². The Kier molecular flexibility index (Phi) is 2.87. The normalized spacial score (nSPS) is 29.3. The molecule has 1 atom stereocenters. The maximum Gasteiger partial charge on any atom is 0.137 e. The molecule has 2 nitrogen and oxygen atoms in total. The SMILES string of the molecule is CC1COCCCCC1=O. The molecule has 1 aliphatic rings. The van der Waals surface area contributed by atoms with Crippen molar-refractivity contribution in [3.05, 3.63) is 0 Å². The van der Waals surface area contributed by atoms with Crippen LogP contribution in [0.2, 0.25) is 0 Å². The number of ether oxygens (including phenoxy) is 1. The largest absolute Gasteiger partial charge is 0.381 e. The first-order chi connectivity index (χ1) is 4.80. The second-order valence-electron chi connectivity index (χ2n) is 2.90. The van der Waals surface area contributed by atoms with Crippen LogP contribution in [-0.2, 0) is 9.53 Å². The summed E-state index contributed by atoms with van der Waals surface area (Å²) in [5, 5.41) is 0. The molecule has 1 saturated heterocycles. The maximum atomic E-state index is 11.1. The number of rotatable bonds is 0. The van der Waals surface area contributed by atoms with Gasteiger partial charge in [-0.05, 0) is 12.8 Å². The Hall–Kier alpha value is -0.370. The quantitative estimate of drug-likeness (QED) is 0.511. The Labute approximate surface area is 61.6 Å². The second kappa shape index (κ2) is 3.71. The molecule has 1 aliphatic heterocycles. The van der Waals surface area contributed by atoms with Crippen molar-refractivity contribution >= 4 is 5.78 Å². The van der Waals surface area contributed by atoms with E-state index in [2.05, 4.69) is 0 Å². The number of ketones is 1. The topological polar surface area (TPSA) is 26.3 Å². The molecule has 0 saturated carbocycles. The van der Waals surface area contributed by atoms with Gasteiger partial charge in [0.25, 0.3) is 0 Å². The first kappa shape index (κ1) is 7.73. The Bertz CT molecular complexity index is 120. The minimum Gasteiger partial charge on any atom is -0.381 e. The van der Waals surface area contributed by atoms with Gasteiger partial charge in [-0.25, -0.2) is 0 Å². The molecule has 0 aromatic rings. The van der Waals surface area contributed by atoms with E-state index in [0.717, 1.165) is 25.9 Å². The van der Waals surface area contributed by atoms with Crippen LogP contribution in [0.5, 0.6) is 0 Å². The van der Waals surface area contributed by atoms with E-state index in [1.54, 1.807) is 0 Å². The van der Waals surface area contributed by atoms with Crippen LogP contribution in [0.1, 0.15) is 26.2 Å². The lowest BCUT2D eigenvalue weighted by atomic mass is 10.0. The van der Waals surface area contributed by atoms with Gasteiger partial charge in [-0.1, -0.05) is 6.92 Å². The first-order valence-electron chi connectivity index (χ1n) is 3.91. The third-order valence-corrected chi connectivity index (χ3v) is 1.88. The fraction of sp³-hybridized carbons (Fsp3) is 0.875. The van der Waals surface area contributed by atoms with Crippen LogP contribution in [-0.4, -0.2) is 19.0 Å². The van der Waals surface area contributed by atoms with Gasteiger partial charge < -0.3 is 4.74 Å². The van der Waals surface area contributed by atoms with Crippen molar-refractivity contribution in [3.8, 4) is 0 Å². The van der Waals surface area contributed by atoms with Crippen LogP contribution in [0.15, 0.2) is 0 Å². The Morgan fingerprint density at radius 2 is 2.30 bits per heavy atom. The van der Waals surface area contributed by atoms with E-state index in [1.165, 1.54) is 0 Å². The summed E-state index contributed by atoms with van der Waals surface area (Å²) in [7, 11) is 0. The van der Waals surface area contributed by atoms with Crippen molar-refractivity contribution in [2.45, 2.75) is 26.2 Å². The predicted octanol–water partition coefficient (Wildman–Crippen LogP) is 1.39. The molecular weight excluding hydrogens is 128 g/mol. The molecule has 1 rings (SSSR count). The summed E-state index contributed by atoms with van der Waals surface area (Å²) in [6, 6.07) is 0. The van der Waals surface area contributed by atoms with Crippen LogP contribution in [0, 0.1) is 5.92 Å². The Balaban J connectivity index is 2.35. The highest BCUT2D eigenvalue weighted by Gasteiger charge is 2.14. The fourth-order valence-corrected chi connectivity index (χ4v) is 1.10. The second-order valence-corrected chi connectivity index (χ2v) is 2.90. The van der Waals surface area contributed by atoms with Crippen LogP contribution in [0.4, 0.5) is 0 Å². The average molecular weight is 142 g/mol. The zero-order valence-electron chi connectivity index (χ0n) is 6.43. The summed E-state index contributed by atoms with van der Waals surface area (Å²) in [4.78, 5) is 11.1. The van der Waals surface area contributed by atoms with Crippen LogP contribution < -0.4 is 0 Å².